The van der Waals surface area contributed by atoms with Crippen molar-refractivity contribution in [1.29, 1.82) is 0 Å². The molecule has 1 amide bonds. The standard InChI is InChI=1S/C12H18N2O2/c1-8(2)14-12(15)7-16-11-5-4-10(13)6-9(11)3/h4-6,8H,7,13H2,1-3H3,(H,14,15). The van der Waals surface area contributed by atoms with Gasteiger partial charge in [-0.25, -0.2) is 0 Å². The molecular weight excluding hydrogens is 204 g/mol. The fourth-order valence-corrected chi connectivity index (χ4v) is 1.34. The molecular formula is C12H18N2O2. The Bertz CT molecular complexity index is 375. The summed E-state index contributed by atoms with van der Waals surface area (Å²) in [7, 11) is 0. The number of amides is 1. The van der Waals surface area contributed by atoms with Crippen LogP contribution in [0.2, 0.25) is 0 Å². The first-order valence-electron chi connectivity index (χ1n) is 5.27. The number of nitrogens with one attached hydrogen (secondary N) is 1. The number of hydrogen-bond donors (Lipinski definition) is 2. The Hall–Kier alpha value is -1.71. The lowest BCUT2D eigenvalue weighted by molar-refractivity contribution is -0.123. The van der Waals surface area contributed by atoms with Crippen molar-refractivity contribution in [3.8, 4) is 5.75 Å². The van der Waals surface area contributed by atoms with E-state index in [4.69, 9.17) is 10.5 Å². The topological polar surface area (TPSA) is 64.3 Å². The van der Waals surface area contributed by atoms with Gasteiger partial charge in [0.05, 0.1) is 0 Å². The number of benzene rings is 1. The molecule has 1 aromatic rings. The number of nitrogen functional groups attached to an aromatic ring is 1. The van der Waals surface area contributed by atoms with Crippen LogP contribution in [0.1, 0.15) is 19.4 Å². The van der Waals surface area contributed by atoms with E-state index in [9.17, 15) is 4.79 Å². The molecule has 0 radical (unpaired) electrons. The highest BCUT2D eigenvalue weighted by molar-refractivity contribution is 5.77. The van der Waals surface area contributed by atoms with Gasteiger partial charge in [0.1, 0.15) is 5.75 Å². The molecule has 0 bridgehead atoms. The zero-order valence-corrected chi connectivity index (χ0v) is 9.91. The Kier molecular flexibility index (Phi) is 4.17. The molecule has 0 saturated heterocycles. The van der Waals surface area contributed by atoms with Crippen molar-refractivity contribution < 1.29 is 9.53 Å². The van der Waals surface area contributed by atoms with E-state index in [1.165, 1.54) is 0 Å². The van der Waals surface area contributed by atoms with Gasteiger partial charge in [0.2, 0.25) is 0 Å². The maximum Gasteiger partial charge on any atom is 0.258 e. The number of carbonyl (C=O) groups is 1. The minimum Gasteiger partial charge on any atom is -0.484 e. The Morgan fingerprint density at radius 1 is 1.50 bits per heavy atom. The monoisotopic (exact) mass is 222 g/mol. The Morgan fingerprint density at radius 3 is 2.75 bits per heavy atom. The van der Waals surface area contributed by atoms with Crippen LogP contribution in [-0.4, -0.2) is 18.6 Å². The average Bonchev–Trinajstić information content (AvgIpc) is 2.15. The zero-order valence-electron chi connectivity index (χ0n) is 9.91. The number of aryl methyl sites for hydroxylation is 1. The fourth-order valence-electron chi connectivity index (χ4n) is 1.34. The minimum atomic E-state index is -0.119. The van der Waals surface area contributed by atoms with Crippen LogP contribution in [0.25, 0.3) is 0 Å². The van der Waals surface area contributed by atoms with Gasteiger partial charge in [0.25, 0.3) is 5.91 Å². The molecule has 0 aliphatic heterocycles. The molecule has 1 aromatic carbocycles. The third kappa shape index (κ3) is 3.81. The molecule has 0 unspecified atom stereocenters. The number of carbonyl (C=O) groups excluding carboxylic acids is 1. The molecule has 4 nitrogen and oxygen atoms in total. The second kappa shape index (κ2) is 5.39. The Balaban J connectivity index is 2.51. The molecule has 0 aliphatic rings. The lowest BCUT2D eigenvalue weighted by Crippen LogP contribution is -2.34. The molecule has 0 fully saturated rings. The van der Waals surface area contributed by atoms with Gasteiger partial charge in [0, 0.05) is 11.7 Å². The van der Waals surface area contributed by atoms with Crippen LogP contribution in [-0.2, 0) is 4.79 Å². The quantitative estimate of drug-likeness (QED) is 0.758. The van der Waals surface area contributed by atoms with Crippen molar-refractivity contribution in [2.24, 2.45) is 0 Å². The predicted octanol–water partition coefficient (Wildman–Crippen LogP) is 1.48. The summed E-state index contributed by atoms with van der Waals surface area (Å²) in [4.78, 5) is 11.3. The number of hydrogen-bond acceptors (Lipinski definition) is 3. The van der Waals surface area contributed by atoms with E-state index in [0.717, 1.165) is 5.56 Å². The maximum absolute atomic E-state index is 11.3. The van der Waals surface area contributed by atoms with E-state index in [1.807, 2.05) is 26.8 Å². The summed E-state index contributed by atoms with van der Waals surface area (Å²) >= 11 is 0. The number of rotatable bonds is 4. The Labute approximate surface area is 95.8 Å². The average molecular weight is 222 g/mol. The van der Waals surface area contributed by atoms with Gasteiger partial charge in [-0.3, -0.25) is 4.79 Å². The van der Waals surface area contributed by atoms with E-state index in [0.29, 0.717) is 11.4 Å². The molecule has 16 heavy (non-hydrogen) atoms. The largest absolute Gasteiger partial charge is 0.484 e. The predicted molar refractivity (Wildman–Crippen MR) is 64.4 cm³/mol. The van der Waals surface area contributed by atoms with Crippen LogP contribution in [0.15, 0.2) is 18.2 Å². The molecule has 0 atom stereocenters. The van der Waals surface area contributed by atoms with Crippen molar-refractivity contribution in [1.82, 2.24) is 5.32 Å². The highest BCUT2D eigenvalue weighted by Crippen LogP contribution is 2.19. The third-order valence-electron chi connectivity index (χ3n) is 2.01. The molecule has 4 heteroatoms. The SMILES string of the molecule is Cc1cc(N)ccc1OCC(=O)NC(C)C. The highest BCUT2D eigenvalue weighted by Gasteiger charge is 2.05. The highest BCUT2D eigenvalue weighted by atomic mass is 16.5. The summed E-state index contributed by atoms with van der Waals surface area (Å²) in [6, 6.07) is 5.47. The zero-order chi connectivity index (χ0) is 12.1. The summed E-state index contributed by atoms with van der Waals surface area (Å²) in [5, 5.41) is 2.76. The second-order valence-corrected chi connectivity index (χ2v) is 4.04. The van der Waals surface area contributed by atoms with E-state index in [-0.39, 0.29) is 18.6 Å². The lowest BCUT2D eigenvalue weighted by atomic mass is 10.2. The molecule has 0 aliphatic carbocycles. The van der Waals surface area contributed by atoms with Gasteiger partial charge in [-0.2, -0.15) is 0 Å². The lowest BCUT2D eigenvalue weighted by Gasteiger charge is -2.11. The van der Waals surface area contributed by atoms with Crippen LogP contribution in [0.3, 0.4) is 0 Å². The van der Waals surface area contributed by atoms with E-state index in [1.54, 1.807) is 12.1 Å². The molecule has 0 heterocycles. The molecule has 88 valence electrons. The van der Waals surface area contributed by atoms with Crippen LogP contribution in [0, 0.1) is 6.92 Å². The number of ether oxygens (including phenoxy) is 1. The van der Waals surface area contributed by atoms with Crippen molar-refractivity contribution >= 4 is 11.6 Å². The summed E-state index contributed by atoms with van der Waals surface area (Å²) in [5.41, 5.74) is 7.23. The van der Waals surface area contributed by atoms with Crippen LogP contribution in [0.5, 0.6) is 5.75 Å². The Morgan fingerprint density at radius 2 is 2.19 bits per heavy atom. The first-order valence-corrected chi connectivity index (χ1v) is 5.27. The van der Waals surface area contributed by atoms with E-state index < -0.39 is 0 Å². The fraction of sp³-hybridized carbons (Fsp3) is 0.417. The third-order valence-corrected chi connectivity index (χ3v) is 2.01. The van der Waals surface area contributed by atoms with Crippen molar-refractivity contribution in [3.63, 3.8) is 0 Å². The van der Waals surface area contributed by atoms with E-state index in [2.05, 4.69) is 5.32 Å². The van der Waals surface area contributed by atoms with Crippen LogP contribution < -0.4 is 15.8 Å². The molecule has 1 rings (SSSR count). The first-order chi connectivity index (χ1) is 7.49. The summed E-state index contributed by atoms with van der Waals surface area (Å²) in [6.45, 7) is 5.74. The van der Waals surface area contributed by atoms with Gasteiger partial charge < -0.3 is 15.8 Å². The summed E-state index contributed by atoms with van der Waals surface area (Å²) in [5.74, 6) is 0.569. The van der Waals surface area contributed by atoms with Gasteiger partial charge in [-0.15, -0.1) is 0 Å². The molecule has 0 spiro atoms. The molecule has 0 aromatic heterocycles. The normalized spacial score (nSPS) is 10.2. The number of anilines is 1. The van der Waals surface area contributed by atoms with Crippen molar-refractivity contribution in [3.05, 3.63) is 23.8 Å². The second-order valence-electron chi connectivity index (χ2n) is 4.04. The van der Waals surface area contributed by atoms with Crippen molar-refractivity contribution in [2.75, 3.05) is 12.3 Å². The van der Waals surface area contributed by atoms with Gasteiger partial charge in [-0.05, 0) is 44.5 Å². The first kappa shape index (κ1) is 12.4. The van der Waals surface area contributed by atoms with Crippen LogP contribution in [0.4, 0.5) is 5.69 Å². The number of nitrogens with two attached hydrogens (primary N) is 1. The smallest absolute Gasteiger partial charge is 0.258 e. The molecule has 3 N–H and O–H groups in total. The maximum atomic E-state index is 11.3. The van der Waals surface area contributed by atoms with Crippen LogP contribution >= 0.6 is 0 Å². The van der Waals surface area contributed by atoms with Gasteiger partial charge >= 0.3 is 0 Å². The summed E-state index contributed by atoms with van der Waals surface area (Å²) < 4.78 is 5.39. The van der Waals surface area contributed by atoms with Gasteiger partial charge in [-0.1, -0.05) is 0 Å². The minimum absolute atomic E-state index is 0.0307. The summed E-state index contributed by atoms with van der Waals surface area (Å²) in [6.07, 6.45) is 0. The van der Waals surface area contributed by atoms with Gasteiger partial charge in [0.15, 0.2) is 6.61 Å². The molecule has 0 saturated carbocycles. The van der Waals surface area contributed by atoms with Crippen molar-refractivity contribution in [2.45, 2.75) is 26.8 Å². The van der Waals surface area contributed by atoms with E-state index >= 15 is 0 Å².